The third-order valence-corrected chi connectivity index (χ3v) is 3.97. The summed E-state index contributed by atoms with van der Waals surface area (Å²) in [7, 11) is 1.56. The molecular formula is C14H14N4O2S. The average molecular weight is 304 g/mol. The first-order chi connectivity index (χ1) is 10.6. The van der Waals surface area contributed by atoms with Crippen molar-refractivity contribution in [3.05, 3.63) is 57.3 Å². The fraction of sp³-hybridized carbons (Fsp3) is 0.214. The lowest BCUT2D eigenvalue weighted by atomic mass is 10.2. The summed E-state index contributed by atoms with van der Waals surface area (Å²) in [5, 5.41) is 10.2. The molecule has 0 aliphatic rings. The van der Waals surface area contributed by atoms with E-state index in [1.54, 1.807) is 25.2 Å². The smallest absolute Gasteiger partial charge is 0.368 e. The topological polar surface area (TPSA) is 61.9 Å². The Hall–Kier alpha value is -2.41. The number of aryl methyl sites for hydroxylation is 2. The standard InChI is InChI=1S/C14H14N4O2S/c1-10-5-3-4-6-12(10)20-9-11-7-8-21-13(11)18-14(19)17(2)15-16-18/h3-8H,9H2,1-2H3/i3T. The summed E-state index contributed by atoms with van der Waals surface area (Å²) in [6.45, 7) is 2.22. The number of benzene rings is 1. The molecule has 0 radical (unpaired) electrons. The summed E-state index contributed by atoms with van der Waals surface area (Å²) in [5.74, 6) is 0.722. The van der Waals surface area contributed by atoms with Crippen molar-refractivity contribution in [1.82, 2.24) is 19.8 Å². The highest BCUT2D eigenvalue weighted by Crippen LogP contribution is 2.23. The summed E-state index contributed by atoms with van der Waals surface area (Å²) in [6, 6.07) is 7.56. The SMILES string of the molecule is [3H]c1ccc(OCc2ccsc2-n2nnn(C)c2=O)c(C)c1. The molecule has 0 amide bonds. The Balaban J connectivity index is 1.84. The van der Waals surface area contributed by atoms with Gasteiger partial charge in [-0.15, -0.1) is 16.0 Å². The van der Waals surface area contributed by atoms with Crippen LogP contribution in [0.25, 0.3) is 5.00 Å². The first-order valence-electron chi connectivity index (χ1n) is 6.82. The average Bonchev–Trinajstić information content (AvgIpc) is 3.06. The zero-order valence-electron chi connectivity index (χ0n) is 12.6. The molecular weight excluding hydrogens is 288 g/mol. The van der Waals surface area contributed by atoms with Gasteiger partial charge in [0.15, 0.2) is 0 Å². The normalized spacial score (nSPS) is 11.4. The molecule has 2 heterocycles. The van der Waals surface area contributed by atoms with Crippen LogP contribution in [0.2, 0.25) is 0 Å². The van der Waals surface area contributed by atoms with Gasteiger partial charge in [-0.05, 0) is 40.4 Å². The monoisotopic (exact) mass is 304 g/mol. The molecule has 0 aliphatic heterocycles. The van der Waals surface area contributed by atoms with Crippen LogP contribution in [0, 0.1) is 6.92 Å². The van der Waals surface area contributed by atoms with Gasteiger partial charge < -0.3 is 4.74 Å². The van der Waals surface area contributed by atoms with E-state index in [0.717, 1.165) is 16.9 Å². The Bertz CT molecular complexity index is 868. The number of rotatable bonds is 4. The molecule has 3 rings (SSSR count). The molecule has 1 aromatic carbocycles. The second kappa shape index (κ2) is 5.53. The Labute approximate surface area is 126 Å². The van der Waals surface area contributed by atoms with Gasteiger partial charge in [0.1, 0.15) is 17.4 Å². The number of para-hydroxylation sites is 1. The maximum Gasteiger partial charge on any atom is 0.368 e. The highest BCUT2D eigenvalue weighted by molar-refractivity contribution is 7.12. The Morgan fingerprint density at radius 1 is 1.38 bits per heavy atom. The lowest BCUT2D eigenvalue weighted by Gasteiger charge is -2.08. The fourth-order valence-electron chi connectivity index (χ4n) is 1.88. The number of tetrazole rings is 1. The van der Waals surface area contributed by atoms with E-state index in [1.807, 2.05) is 18.4 Å². The van der Waals surface area contributed by atoms with Crippen LogP contribution in [0.4, 0.5) is 0 Å². The molecule has 108 valence electrons. The molecule has 0 saturated heterocycles. The summed E-state index contributed by atoms with van der Waals surface area (Å²) < 4.78 is 15.8. The van der Waals surface area contributed by atoms with Crippen molar-refractivity contribution in [3.8, 4) is 10.8 Å². The van der Waals surface area contributed by atoms with E-state index >= 15 is 0 Å². The molecule has 0 fully saturated rings. The minimum absolute atomic E-state index is 0.293. The van der Waals surface area contributed by atoms with Crippen LogP contribution in [0.5, 0.6) is 5.75 Å². The van der Waals surface area contributed by atoms with Crippen LogP contribution in [0.3, 0.4) is 0 Å². The zero-order valence-corrected chi connectivity index (χ0v) is 12.4. The quantitative estimate of drug-likeness (QED) is 0.739. The molecule has 7 heteroatoms. The highest BCUT2D eigenvalue weighted by atomic mass is 32.1. The van der Waals surface area contributed by atoms with Gasteiger partial charge in [-0.1, -0.05) is 18.2 Å². The van der Waals surface area contributed by atoms with E-state index in [2.05, 4.69) is 10.4 Å². The van der Waals surface area contributed by atoms with E-state index in [0.29, 0.717) is 17.7 Å². The second-order valence-corrected chi connectivity index (χ2v) is 5.42. The number of aromatic nitrogens is 4. The second-order valence-electron chi connectivity index (χ2n) is 4.53. The summed E-state index contributed by atoms with van der Waals surface area (Å²) in [5.41, 5.74) is 1.47. The molecule has 0 bridgehead atoms. The van der Waals surface area contributed by atoms with Crippen LogP contribution in [-0.4, -0.2) is 19.8 Å². The van der Waals surface area contributed by atoms with Crippen molar-refractivity contribution in [2.24, 2.45) is 7.05 Å². The molecule has 21 heavy (non-hydrogen) atoms. The molecule has 0 atom stereocenters. The minimum Gasteiger partial charge on any atom is -0.489 e. The van der Waals surface area contributed by atoms with Crippen LogP contribution in [0.1, 0.15) is 12.5 Å². The molecule has 3 aromatic rings. The van der Waals surface area contributed by atoms with E-state index in [9.17, 15) is 4.79 Å². The van der Waals surface area contributed by atoms with E-state index in [1.165, 1.54) is 20.7 Å². The van der Waals surface area contributed by atoms with E-state index in [4.69, 9.17) is 6.11 Å². The molecule has 0 saturated carbocycles. The van der Waals surface area contributed by atoms with E-state index < -0.39 is 0 Å². The lowest BCUT2D eigenvalue weighted by Crippen LogP contribution is -2.22. The van der Waals surface area contributed by atoms with Crippen LogP contribution >= 0.6 is 11.3 Å². The van der Waals surface area contributed by atoms with Gasteiger partial charge in [-0.2, -0.15) is 4.68 Å². The third kappa shape index (κ3) is 2.59. The predicted molar refractivity (Wildman–Crippen MR) is 80.0 cm³/mol. The van der Waals surface area contributed by atoms with Crippen molar-refractivity contribution < 1.29 is 6.11 Å². The van der Waals surface area contributed by atoms with Crippen LogP contribution in [-0.2, 0) is 13.7 Å². The highest BCUT2D eigenvalue weighted by Gasteiger charge is 2.13. The van der Waals surface area contributed by atoms with Crippen molar-refractivity contribution in [2.45, 2.75) is 13.5 Å². The number of hydrogen-bond donors (Lipinski definition) is 0. The third-order valence-electron chi connectivity index (χ3n) is 3.04. The van der Waals surface area contributed by atoms with Gasteiger partial charge in [-0.25, -0.2) is 4.79 Å². The van der Waals surface area contributed by atoms with Crippen molar-refractivity contribution in [1.29, 1.82) is 0 Å². The maximum absolute atomic E-state index is 11.9. The molecule has 0 unspecified atom stereocenters. The number of hydrogen-bond acceptors (Lipinski definition) is 5. The molecule has 0 aliphatic carbocycles. The van der Waals surface area contributed by atoms with Gasteiger partial charge in [-0.3, -0.25) is 0 Å². The summed E-state index contributed by atoms with van der Waals surface area (Å²) in [6.07, 6.45) is 0. The van der Waals surface area contributed by atoms with E-state index in [-0.39, 0.29) is 5.69 Å². The fourth-order valence-corrected chi connectivity index (χ4v) is 2.74. The van der Waals surface area contributed by atoms with Gasteiger partial charge in [0, 0.05) is 12.6 Å². The van der Waals surface area contributed by atoms with Gasteiger partial charge >= 0.3 is 5.69 Å². The zero-order chi connectivity index (χ0) is 15.7. The number of thiophene rings is 1. The van der Waals surface area contributed by atoms with Gasteiger partial charge in [0.05, 0.1) is 1.37 Å². The molecule has 0 N–H and O–H groups in total. The Kier molecular flexibility index (Phi) is 3.25. The lowest BCUT2D eigenvalue weighted by molar-refractivity contribution is 0.304. The number of nitrogens with zero attached hydrogens (tertiary/aromatic N) is 4. The van der Waals surface area contributed by atoms with Crippen molar-refractivity contribution in [3.63, 3.8) is 0 Å². The summed E-state index contributed by atoms with van der Waals surface area (Å²) in [4.78, 5) is 11.9. The minimum atomic E-state index is -0.293. The molecule has 0 spiro atoms. The van der Waals surface area contributed by atoms with Crippen molar-refractivity contribution in [2.75, 3.05) is 0 Å². The van der Waals surface area contributed by atoms with Crippen molar-refractivity contribution >= 4 is 11.3 Å². The van der Waals surface area contributed by atoms with Gasteiger partial charge in [0.2, 0.25) is 0 Å². The number of ether oxygens (including phenoxy) is 1. The molecule has 6 nitrogen and oxygen atoms in total. The Morgan fingerprint density at radius 2 is 2.24 bits per heavy atom. The first-order valence-corrected chi connectivity index (χ1v) is 7.20. The largest absolute Gasteiger partial charge is 0.489 e. The van der Waals surface area contributed by atoms with Crippen LogP contribution in [0.15, 0.2) is 40.5 Å². The Morgan fingerprint density at radius 3 is 2.95 bits per heavy atom. The first kappa shape index (κ1) is 12.3. The van der Waals surface area contributed by atoms with Crippen LogP contribution < -0.4 is 10.4 Å². The summed E-state index contributed by atoms with van der Waals surface area (Å²) >= 11 is 1.41. The predicted octanol–water partition coefficient (Wildman–Crippen LogP) is 1.91. The van der Waals surface area contributed by atoms with Gasteiger partial charge in [0.25, 0.3) is 0 Å². The molecule has 2 aromatic heterocycles. The maximum atomic E-state index is 11.9.